The molecule has 0 saturated carbocycles. The summed E-state index contributed by atoms with van der Waals surface area (Å²) in [6.45, 7) is 8.84. The van der Waals surface area contributed by atoms with E-state index in [1.54, 1.807) is 0 Å². The molecule has 1 rings (SSSR count). The minimum atomic E-state index is 0.104. The van der Waals surface area contributed by atoms with Crippen LogP contribution in [0.15, 0.2) is 18.7 Å². The molecule has 0 aliphatic rings. The maximum Gasteiger partial charge on any atom is 0.0625 e. The van der Waals surface area contributed by atoms with Crippen LogP contribution in [0.4, 0.5) is 0 Å². The van der Waals surface area contributed by atoms with E-state index in [2.05, 4.69) is 31.6 Å². The van der Waals surface area contributed by atoms with Crippen LogP contribution in [0, 0.1) is 0 Å². The van der Waals surface area contributed by atoms with Crippen molar-refractivity contribution in [3.05, 3.63) is 30.1 Å². The summed E-state index contributed by atoms with van der Waals surface area (Å²) < 4.78 is 2.03. The zero-order chi connectivity index (χ0) is 12.0. The minimum absolute atomic E-state index is 0.104. The van der Waals surface area contributed by atoms with E-state index in [1.807, 2.05) is 10.8 Å². The molecule has 1 heterocycles. The van der Waals surface area contributed by atoms with E-state index >= 15 is 0 Å². The van der Waals surface area contributed by atoms with Crippen molar-refractivity contribution in [1.29, 1.82) is 0 Å². The lowest BCUT2D eigenvalue weighted by atomic mass is 10.1. The molecule has 1 atom stereocenters. The minimum Gasteiger partial charge on any atom is -0.323 e. The van der Waals surface area contributed by atoms with E-state index in [1.165, 1.54) is 5.69 Å². The van der Waals surface area contributed by atoms with E-state index in [4.69, 9.17) is 5.73 Å². The molecule has 0 fully saturated rings. The molecule has 1 aromatic heterocycles. The van der Waals surface area contributed by atoms with Gasteiger partial charge in [-0.05, 0) is 38.7 Å². The third kappa shape index (κ3) is 3.20. The molecule has 0 spiro atoms. The number of unbranched alkanes of at least 4 members (excludes halogenated alkanes) is 1. The van der Waals surface area contributed by atoms with Crippen LogP contribution in [0.3, 0.4) is 0 Å². The molecule has 0 saturated heterocycles. The molecule has 3 nitrogen and oxygen atoms in total. The van der Waals surface area contributed by atoms with Gasteiger partial charge in [-0.3, -0.25) is 4.68 Å². The van der Waals surface area contributed by atoms with Crippen molar-refractivity contribution in [2.45, 2.75) is 52.1 Å². The van der Waals surface area contributed by atoms with E-state index in [9.17, 15) is 0 Å². The van der Waals surface area contributed by atoms with Crippen molar-refractivity contribution in [1.82, 2.24) is 9.78 Å². The Hall–Kier alpha value is -1.09. The maximum absolute atomic E-state index is 6.19. The molecule has 2 N–H and O–H groups in total. The van der Waals surface area contributed by atoms with Crippen LogP contribution in [-0.2, 0) is 13.0 Å². The SMILES string of the molecule is C=CCCCC(N)c1cc(CC)nn1CC. The maximum atomic E-state index is 6.19. The van der Waals surface area contributed by atoms with Gasteiger partial charge in [0.05, 0.1) is 11.4 Å². The van der Waals surface area contributed by atoms with Gasteiger partial charge in [-0.1, -0.05) is 13.0 Å². The first-order chi connectivity index (χ1) is 7.72. The zero-order valence-electron chi connectivity index (χ0n) is 10.4. The van der Waals surface area contributed by atoms with Gasteiger partial charge in [0.1, 0.15) is 0 Å². The largest absolute Gasteiger partial charge is 0.323 e. The van der Waals surface area contributed by atoms with Crippen molar-refractivity contribution in [3.63, 3.8) is 0 Å². The molecule has 1 unspecified atom stereocenters. The third-order valence-corrected chi connectivity index (χ3v) is 2.83. The van der Waals surface area contributed by atoms with Gasteiger partial charge in [-0.2, -0.15) is 5.10 Å². The lowest BCUT2D eigenvalue weighted by molar-refractivity contribution is 0.533. The topological polar surface area (TPSA) is 43.8 Å². The normalized spacial score (nSPS) is 12.7. The summed E-state index contributed by atoms with van der Waals surface area (Å²) in [6, 6.07) is 2.25. The molecule has 90 valence electrons. The molecule has 16 heavy (non-hydrogen) atoms. The van der Waals surface area contributed by atoms with E-state index < -0.39 is 0 Å². The molecular weight excluding hydrogens is 198 g/mol. The van der Waals surface area contributed by atoms with Crippen LogP contribution in [0.1, 0.15) is 50.5 Å². The Morgan fingerprint density at radius 1 is 1.56 bits per heavy atom. The Bertz CT molecular complexity index is 328. The van der Waals surface area contributed by atoms with Gasteiger partial charge in [0, 0.05) is 12.6 Å². The van der Waals surface area contributed by atoms with Crippen molar-refractivity contribution in [2.24, 2.45) is 5.73 Å². The van der Waals surface area contributed by atoms with Crippen molar-refractivity contribution in [3.8, 4) is 0 Å². The molecule has 0 aliphatic heterocycles. The first-order valence-corrected chi connectivity index (χ1v) is 6.16. The lowest BCUT2D eigenvalue weighted by Crippen LogP contribution is -2.15. The highest BCUT2D eigenvalue weighted by molar-refractivity contribution is 5.14. The summed E-state index contributed by atoms with van der Waals surface area (Å²) in [5.41, 5.74) is 8.49. The smallest absolute Gasteiger partial charge is 0.0625 e. The summed E-state index contributed by atoms with van der Waals surface area (Å²) in [6.07, 6.45) is 6.05. The van der Waals surface area contributed by atoms with Gasteiger partial charge >= 0.3 is 0 Å². The Morgan fingerprint density at radius 2 is 2.31 bits per heavy atom. The number of hydrogen-bond donors (Lipinski definition) is 1. The second-order valence-corrected chi connectivity index (χ2v) is 4.06. The predicted octanol–water partition coefficient (Wildman–Crippen LogP) is 2.82. The highest BCUT2D eigenvalue weighted by atomic mass is 15.3. The van der Waals surface area contributed by atoms with Crippen LogP contribution >= 0.6 is 0 Å². The fraction of sp³-hybridized carbons (Fsp3) is 0.615. The average molecular weight is 221 g/mol. The highest BCUT2D eigenvalue weighted by Gasteiger charge is 2.12. The number of rotatable bonds is 7. The molecule has 0 aliphatic carbocycles. The quantitative estimate of drug-likeness (QED) is 0.568. The van der Waals surface area contributed by atoms with Gasteiger partial charge in [-0.25, -0.2) is 0 Å². The number of nitrogens with two attached hydrogens (primary N) is 1. The molecule has 0 radical (unpaired) electrons. The molecule has 1 aromatic rings. The fourth-order valence-electron chi connectivity index (χ4n) is 1.84. The van der Waals surface area contributed by atoms with Crippen LogP contribution in [0.5, 0.6) is 0 Å². The third-order valence-electron chi connectivity index (χ3n) is 2.83. The number of aryl methyl sites for hydroxylation is 2. The summed E-state index contributed by atoms with van der Waals surface area (Å²) in [4.78, 5) is 0. The highest BCUT2D eigenvalue weighted by Crippen LogP contribution is 2.18. The Kier molecular flexibility index (Phi) is 5.26. The van der Waals surface area contributed by atoms with Crippen LogP contribution in [0.25, 0.3) is 0 Å². The second kappa shape index (κ2) is 6.48. The van der Waals surface area contributed by atoms with Crippen molar-refractivity contribution < 1.29 is 0 Å². The van der Waals surface area contributed by atoms with Crippen LogP contribution in [0.2, 0.25) is 0 Å². The zero-order valence-corrected chi connectivity index (χ0v) is 10.4. The number of allylic oxidation sites excluding steroid dienone is 1. The number of aromatic nitrogens is 2. The Labute approximate surface area is 98.3 Å². The monoisotopic (exact) mass is 221 g/mol. The van der Waals surface area contributed by atoms with Crippen molar-refractivity contribution >= 4 is 0 Å². The summed E-state index contributed by atoms with van der Waals surface area (Å²) in [5, 5.41) is 4.51. The first-order valence-electron chi connectivity index (χ1n) is 6.16. The van der Waals surface area contributed by atoms with Gasteiger partial charge in [0.2, 0.25) is 0 Å². The molecule has 3 heteroatoms. The van der Waals surface area contributed by atoms with Gasteiger partial charge in [0.25, 0.3) is 0 Å². The van der Waals surface area contributed by atoms with E-state index in [0.29, 0.717) is 0 Å². The average Bonchev–Trinajstić information content (AvgIpc) is 2.72. The van der Waals surface area contributed by atoms with Gasteiger partial charge < -0.3 is 5.73 Å². The van der Waals surface area contributed by atoms with Crippen LogP contribution < -0.4 is 5.73 Å². The van der Waals surface area contributed by atoms with Gasteiger partial charge in [-0.15, -0.1) is 6.58 Å². The van der Waals surface area contributed by atoms with Crippen LogP contribution in [-0.4, -0.2) is 9.78 Å². The number of nitrogens with zero attached hydrogens (tertiary/aromatic N) is 2. The predicted molar refractivity (Wildman–Crippen MR) is 68.3 cm³/mol. The Morgan fingerprint density at radius 3 is 2.88 bits per heavy atom. The summed E-state index contributed by atoms with van der Waals surface area (Å²) >= 11 is 0. The molecule has 0 bridgehead atoms. The lowest BCUT2D eigenvalue weighted by Gasteiger charge is -2.12. The Balaban J connectivity index is 2.68. The van der Waals surface area contributed by atoms with Gasteiger partial charge in [0.15, 0.2) is 0 Å². The van der Waals surface area contributed by atoms with Crippen molar-refractivity contribution in [2.75, 3.05) is 0 Å². The molecular formula is C13H23N3. The van der Waals surface area contributed by atoms with E-state index in [0.717, 1.165) is 37.9 Å². The number of hydrogen-bond acceptors (Lipinski definition) is 2. The standard InChI is InChI=1S/C13H23N3/c1-4-7-8-9-12(14)13-10-11(5-2)15-16(13)6-3/h4,10,12H,1,5-9,14H2,2-3H3. The molecule has 0 aromatic carbocycles. The molecule has 0 amide bonds. The first kappa shape index (κ1) is 13.0. The van der Waals surface area contributed by atoms with E-state index in [-0.39, 0.29) is 6.04 Å². The summed E-state index contributed by atoms with van der Waals surface area (Å²) in [7, 11) is 0. The fourth-order valence-corrected chi connectivity index (χ4v) is 1.84. The summed E-state index contributed by atoms with van der Waals surface area (Å²) in [5.74, 6) is 0. The second-order valence-electron chi connectivity index (χ2n) is 4.06.